The van der Waals surface area contributed by atoms with E-state index in [-0.39, 0.29) is 29.6 Å². The third-order valence-electron chi connectivity index (χ3n) is 4.25. The summed E-state index contributed by atoms with van der Waals surface area (Å²) < 4.78 is 1.50. The van der Waals surface area contributed by atoms with Gasteiger partial charge in [0.1, 0.15) is 5.69 Å². The van der Waals surface area contributed by atoms with Gasteiger partial charge in [0.05, 0.1) is 17.7 Å². The van der Waals surface area contributed by atoms with E-state index in [1.54, 1.807) is 6.20 Å². The zero-order valence-corrected chi connectivity index (χ0v) is 13.2. The molecule has 0 radical (unpaired) electrons. The van der Waals surface area contributed by atoms with E-state index in [1.165, 1.54) is 40.2 Å². The second-order valence-corrected chi connectivity index (χ2v) is 5.82. The van der Waals surface area contributed by atoms with Gasteiger partial charge in [0.15, 0.2) is 0 Å². The summed E-state index contributed by atoms with van der Waals surface area (Å²) >= 11 is 0. The van der Waals surface area contributed by atoms with E-state index >= 15 is 0 Å². The molecule has 1 unspecified atom stereocenters. The minimum Gasteiger partial charge on any atom is -0.481 e. The number of carboxylic acids is 1. The monoisotopic (exact) mass is 344 g/mol. The van der Waals surface area contributed by atoms with Crippen LogP contribution in [0.2, 0.25) is 0 Å². The Labute approximate surface area is 142 Å². The Morgan fingerprint density at radius 2 is 2.20 bits per heavy atom. The number of likely N-dealkylation sites (tertiary alicyclic amines) is 1. The number of nitro benzene ring substituents is 1. The Hall–Kier alpha value is -3.23. The van der Waals surface area contributed by atoms with Gasteiger partial charge in [-0.25, -0.2) is 4.98 Å². The largest absolute Gasteiger partial charge is 0.481 e. The molecule has 1 aliphatic rings. The van der Waals surface area contributed by atoms with Crippen LogP contribution in [0.25, 0.3) is 5.69 Å². The van der Waals surface area contributed by atoms with E-state index in [9.17, 15) is 19.7 Å². The first-order valence-electron chi connectivity index (χ1n) is 7.77. The van der Waals surface area contributed by atoms with Gasteiger partial charge in [-0.1, -0.05) is 0 Å². The lowest BCUT2D eigenvalue weighted by atomic mass is 10.1. The van der Waals surface area contributed by atoms with E-state index in [0.717, 1.165) is 6.42 Å². The van der Waals surface area contributed by atoms with Crippen molar-refractivity contribution in [3.05, 3.63) is 52.6 Å². The van der Waals surface area contributed by atoms with Crippen LogP contribution in [0.4, 0.5) is 5.69 Å². The van der Waals surface area contributed by atoms with Crippen molar-refractivity contribution in [3.8, 4) is 5.69 Å². The highest BCUT2D eigenvalue weighted by Gasteiger charge is 2.32. The van der Waals surface area contributed by atoms with Gasteiger partial charge >= 0.3 is 5.97 Å². The molecule has 1 fully saturated rings. The van der Waals surface area contributed by atoms with Crippen LogP contribution in [0.1, 0.15) is 29.6 Å². The Morgan fingerprint density at radius 1 is 1.40 bits per heavy atom. The van der Waals surface area contributed by atoms with E-state index in [2.05, 4.69) is 4.98 Å². The minimum absolute atomic E-state index is 0.124. The average Bonchev–Trinajstić information content (AvgIpc) is 3.24. The lowest BCUT2D eigenvalue weighted by Crippen LogP contribution is -2.36. The van der Waals surface area contributed by atoms with Crippen molar-refractivity contribution in [1.82, 2.24) is 14.5 Å². The number of benzene rings is 1. The lowest BCUT2D eigenvalue weighted by molar-refractivity contribution is -0.384. The van der Waals surface area contributed by atoms with E-state index in [0.29, 0.717) is 18.7 Å². The minimum atomic E-state index is -0.967. The standard InChI is InChI=1S/C16H16N4O5/c21-15(22)9-12-2-1-6-19(12)16(23)11-3-4-13(14(8-11)20(24)25)18-7-5-17-10-18/h3-5,7-8,10,12H,1-2,6,9H2,(H,21,22). The summed E-state index contributed by atoms with van der Waals surface area (Å²) in [5.41, 5.74) is 0.272. The predicted molar refractivity (Wildman–Crippen MR) is 86.5 cm³/mol. The predicted octanol–water partition coefficient (Wildman–Crippen LogP) is 1.86. The molecule has 1 N–H and O–H groups in total. The Balaban J connectivity index is 1.92. The number of nitro groups is 1. The van der Waals surface area contributed by atoms with Gasteiger partial charge in [-0.2, -0.15) is 0 Å². The van der Waals surface area contributed by atoms with Gasteiger partial charge < -0.3 is 14.6 Å². The zero-order valence-electron chi connectivity index (χ0n) is 13.2. The molecule has 1 aromatic heterocycles. The number of imidazole rings is 1. The van der Waals surface area contributed by atoms with E-state index in [4.69, 9.17) is 5.11 Å². The van der Waals surface area contributed by atoms with Crippen LogP contribution in [0.15, 0.2) is 36.9 Å². The summed E-state index contributed by atoms with van der Waals surface area (Å²) in [6, 6.07) is 3.86. The molecule has 1 amide bonds. The van der Waals surface area contributed by atoms with Gasteiger partial charge in [0.2, 0.25) is 0 Å². The number of carbonyl (C=O) groups is 2. The van der Waals surface area contributed by atoms with Crippen LogP contribution in [0.5, 0.6) is 0 Å². The normalized spacial score (nSPS) is 16.8. The van der Waals surface area contributed by atoms with Crippen LogP contribution in [-0.4, -0.2) is 48.9 Å². The molecule has 3 rings (SSSR count). The molecule has 130 valence electrons. The highest BCUT2D eigenvalue weighted by molar-refractivity contribution is 5.96. The van der Waals surface area contributed by atoms with Gasteiger partial charge in [-0.05, 0) is 25.0 Å². The van der Waals surface area contributed by atoms with Crippen LogP contribution >= 0.6 is 0 Å². The first-order chi connectivity index (χ1) is 12.0. The molecule has 2 aromatic rings. The third-order valence-corrected chi connectivity index (χ3v) is 4.25. The number of hydrogen-bond acceptors (Lipinski definition) is 5. The van der Waals surface area contributed by atoms with Crippen molar-refractivity contribution in [2.45, 2.75) is 25.3 Å². The molecule has 25 heavy (non-hydrogen) atoms. The quantitative estimate of drug-likeness (QED) is 0.653. The van der Waals surface area contributed by atoms with Crippen molar-refractivity contribution in [3.63, 3.8) is 0 Å². The second kappa shape index (κ2) is 6.71. The number of rotatable bonds is 5. The maximum Gasteiger partial charge on any atom is 0.305 e. The number of hydrogen-bond donors (Lipinski definition) is 1. The maximum absolute atomic E-state index is 12.7. The molecule has 1 saturated heterocycles. The zero-order chi connectivity index (χ0) is 18.0. The second-order valence-electron chi connectivity index (χ2n) is 5.82. The van der Waals surface area contributed by atoms with Crippen LogP contribution in [-0.2, 0) is 4.79 Å². The Bertz CT molecular complexity index is 818. The summed E-state index contributed by atoms with van der Waals surface area (Å²) in [5, 5.41) is 20.4. The molecule has 9 nitrogen and oxygen atoms in total. The SMILES string of the molecule is O=C(O)CC1CCCN1C(=O)c1ccc(-n2ccnc2)c([N+](=O)[O-])c1. The molecule has 9 heteroatoms. The van der Waals surface area contributed by atoms with Gasteiger partial charge in [0.25, 0.3) is 11.6 Å². The molecule has 1 atom stereocenters. The summed E-state index contributed by atoms with van der Waals surface area (Å²) in [6.45, 7) is 0.452. The van der Waals surface area contributed by atoms with Crippen molar-refractivity contribution in [2.24, 2.45) is 0 Å². The van der Waals surface area contributed by atoms with Crippen LogP contribution < -0.4 is 0 Å². The Kier molecular flexibility index (Phi) is 4.46. The highest BCUT2D eigenvalue weighted by atomic mass is 16.6. The summed E-state index contributed by atoms with van der Waals surface area (Å²) in [5.74, 6) is -1.35. The fourth-order valence-electron chi connectivity index (χ4n) is 3.11. The van der Waals surface area contributed by atoms with Crippen molar-refractivity contribution >= 4 is 17.6 Å². The van der Waals surface area contributed by atoms with Crippen molar-refractivity contribution in [1.29, 1.82) is 0 Å². The molecular formula is C16H16N4O5. The fraction of sp³-hybridized carbons (Fsp3) is 0.312. The molecule has 2 heterocycles. The fourth-order valence-corrected chi connectivity index (χ4v) is 3.11. The summed E-state index contributed by atoms with van der Waals surface area (Å²) in [6.07, 6.45) is 5.73. The van der Waals surface area contributed by atoms with Gasteiger partial charge in [-0.15, -0.1) is 0 Å². The molecule has 1 aliphatic heterocycles. The first kappa shape index (κ1) is 16.6. The molecule has 0 bridgehead atoms. The molecule has 1 aromatic carbocycles. The van der Waals surface area contributed by atoms with Crippen molar-refractivity contribution in [2.75, 3.05) is 6.54 Å². The topological polar surface area (TPSA) is 119 Å². The third kappa shape index (κ3) is 3.35. The lowest BCUT2D eigenvalue weighted by Gasteiger charge is -2.23. The molecule has 0 aliphatic carbocycles. The number of aliphatic carboxylic acids is 1. The first-order valence-corrected chi connectivity index (χ1v) is 7.77. The summed E-state index contributed by atoms with van der Waals surface area (Å²) in [4.78, 5) is 39.8. The number of carbonyl (C=O) groups excluding carboxylic acids is 1. The highest BCUT2D eigenvalue weighted by Crippen LogP contribution is 2.27. The van der Waals surface area contributed by atoms with E-state index in [1.807, 2.05) is 0 Å². The van der Waals surface area contributed by atoms with Crippen LogP contribution in [0, 0.1) is 10.1 Å². The van der Waals surface area contributed by atoms with Gasteiger partial charge in [-0.3, -0.25) is 19.7 Å². The number of carboxylic acid groups (broad SMARTS) is 1. The Morgan fingerprint density at radius 3 is 2.84 bits per heavy atom. The number of amides is 1. The maximum atomic E-state index is 12.7. The number of nitrogens with zero attached hydrogens (tertiary/aromatic N) is 4. The molecule has 0 saturated carbocycles. The van der Waals surface area contributed by atoms with E-state index < -0.39 is 10.9 Å². The summed E-state index contributed by atoms with van der Waals surface area (Å²) in [7, 11) is 0. The smallest absolute Gasteiger partial charge is 0.305 e. The van der Waals surface area contributed by atoms with Crippen LogP contribution in [0.3, 0.4) is 0 Å². The van der Waals surface area contributed by atoms with Crippen molar-refractivity contribution < 1.29 is 19.6 Å². The molecule has 0 spiro atoms. The number of aromatic nitrogens is 2. The van der Waals surface area contributed by atoms with Gasteiger partial charge in [0, 0.05) is 36.6 Å². The molecular weight excluding hydrogens is 328 g/mol. The average molecular weight is 344 g/mol.